The lowest BCUT2D eigenvalue weighted by molar-refractivity contribution is -0.491. The van der Waals surface area contributed by atoms with Crippen LogP contribution in [0, 0.1) is 10.1 Å². The topological polar surface area (TPSA) is 81.8 Å². The molecule has 0 heterocycles. The number of hydrogen-bond donors (Lipinski definition) is 1. The number of rotatable bonds is 7. The summed E-state index contributed by atoms with van der Waals surface area (Å²) in [5.41, 5.74) is 1.40. The minimum Gasteiger partial charge on any atom is -0.493 e. The first-order chi connectivity index (χ1) is 10.6. The Labute approximate surface area is 128 Å². The van der Waals surface area contributed by atoms with Crippen molar-refractivity contribution in [2.45, 2.75) is 12.7 Å². The van der Waals surface area contributed by atoms with Gasteiger partial charge in [0.15, 0.2) is 11.5 Å². The van der Waals surface area contributed by atoms with Crippen LogP contribution in [0.5, 0.6) is 11.5 Å². The van der Waals surface area contributed by atoms with Crippen LogP contribution < -0.4 is 9.47 Å². The summed E-state index contributed by atoms with van der Waals surface area (Å²) in [6, 6.07) is 14.4. The van der Waals surface area contributed by atoms with E-state index in [9.17, 15) is 15.2 Å². The average molecular weight is 303 g/mol. The molecule has 1 N–H and O–H groups in total. The highest BCUT2D eigenvalue weighted by Crippen LogP contribution is 2.31. The number of nitro groups is 1. The second kappa shape index (κ2) is 7.42. The Hall–Kier alpha value is -2.60. The molecule has 0 aromatic heterocycles. The predicted molar refractivity (Wildman–Crippen MR) is 80.6 cm³/mol. The lowest BCUT2D eigenvalue weighted by Crippen LogP contribution is -2.12. The molecule has 0 aliphatic heterocycles. The molecule has 6 heteroatoms. The van der Waals surface area contributed by atoms with E-state index in [1.165, 1.54) is 7.11 Å². The summed E-state index contributed by atoms with van der Waals surface area (Å²) in [6.07, 6.45) is -1.18. The Morgan fingerprint density at radius 1 is 1.18 bits per heavy atom. The molecule has 2 aromatic rings. The van der Waals surface area contributed by atoms with Crippen molar-refractivity contribution >= 4 is 0 Å². The van der Waals surface area contributed by atoms with Gasteiger partial charge in [-0.3, -0.25) is 10.1 Å². The van der Waals surface area contributed by atoms with E-state index in [2.05, 4.69) is 0 Å². The molecule has 0 aliphatic rings. The van der Waals surface area contributed by atoms with Gasteiger partial charge < -0.3 is 14.6 Å². The van der Waals surface area contributed by atoms with Crippen LogP contribution in [0.2, 0.25) is 0 Å². The normalized spacial score (nSPS) is 11.7. The van der Waals surface area contributed by atoms with Crippen LogP contribution in [0.3, 0.4) is 0 Å². The third-order valence-electron chi connectivity index (χ3n) is 3.13. The van der Waals surface area contributed by atoms with Gasteiger partial charge in [0.2, 0.25) is 6.54 Å². The largest absolute Gasteiger partial charge is 0.493 e. The predicted octanol–water partition coefficient (Wildman–Crippen LogP) is 2.58. The van der Waals surface area contributed by atoms with Crippen LogP contribution in [0.15, 0.2) is 48.5 Å². The maximum absolute atomic E-state index is 10.5. The van der Waals surface area contributed by atoms with Crippen molar-refractivity contribution < 1.29 is 19.5 Å². The molecule has 0 fully saturated rings. The van der Waals surface area contributed by atoms with E-state index in [-0.39, 0.29) is 0 Å². The maximum Gasteiger partial charge on any atom is 0.233 e. The van der Waals surface area contributed by atoms with E-state index in [1.807, 2.05) is 30.3 Å². The van der Waals surface area contributed by atoms with E-state index in [1.54, 1.807) is 18.2 Å². The lowest BCUT2D eigenvalue weighted by atomic mass is 10.1. The minimum atomic E-state index is -1.18. The minimum absolute atomic E-state index is 0.339. The first kappa shape index (κ1) is 15.8. The third-order valence-corrected chi connectivity index (χ3v) is 3.13. The van der Waals surface area contributed by atoms with E-state index in [0.29, 0.717) is 23.7 Å². The standard InChI is InChI=1S/C16H17NO5/c1-21-15-8-7-13(14(18)10-17(19)20)9-16(15)22-11-12-5-3-2-4-6-12/h2-9,14,18H,10-11H2,1H3/t14-/m1/s1. The molecule has 0 spiro atoms. The van der Waals surface area contributed by atoms with E-state index in [0.717, 1.165) is 5.56 Å². The quantitative estimate of drug-likeness (QED) is 0.628. The lowest BCUT2D eigenvalue weighted by Gasteiger charge is -2.14. The van der Waals surface area contributed by atoms with Crippen LogP contribution in [0.25, 0.3) is 0 Å². The van der Waals surface area contributed by atoms with Crippen molar-refractivity contribution in [1.82, 2.24) is 0 Å². The summed E-state index contributed by atoms with van der Waals surface area (Å²) in [7, 11) is 1.51. The summed E-state index contributed by atoms with van der Waals surface area (Å²) in [4.78, 5) is 9.94. The molecule has 0 saturated heterocycles. The van der Waals surface area contributed by atoms with Crippen molar-refractivity contribution in [3.8, 4) is 11.5 Å². The highest BCUT2D eigenvalue weighted by Gasteiger charge is 2.16. The SMILES string of the molecule is COc1ccc([C@H](O)C[N+](=O)[O-])cc1OCc1ccccc1. The van der Waals surface area contributed by atoms with E-state index in [4.69, 9.17) is 9.47 Å². The maximum atomic E-state index is 10.5. The molecule has 0 unspecified atom stereocenters. The molecule has 116 valence electrons. The zero-order chi connectivity index (χ0) is 15.9. The molecule has 2 rings (SSSR count). The molecule has 0 radical (unpaired) electrons. The summed E-state index contributed by atoms with van der Waals surface area (Å²) < 4.78 is 10.9. The van der Waals surface area contributed by atoms with Gasteiger partial charge in [-0.25, -0.2) is 0 Å². The number of hydrogen-bond acceptors (Lipinski definition) is 5. The van der Waals surface area contributed by atoms with Gasteiger partial charge in [0, 0.05) is 4.92 Å². The second-order valence-electron chi connectivity index (χ2n) is 4.72. The van der Waals surface area contributed by atoms with Crippen molar-refractivity contribution in [2.75, 3.05) is 13.7 Å². The molecule has 0 saturated carbocycles. The Morgan fingerprint density at radius 3 is 2.55 bits per heavy atom. The second-order valence-corrected chi connectivity index (χ2v) is 4.72. The van der Waals surface area contributed by atoms with Gasteiger partial charge >= 0.3 is 0 Å². The molecule has 1 atom stereocenters. The monoisotopic (exact) mass is 303 g/mol. The summed E-state index contributed by atoms with van der Waals surface area (Å²) in [6.45, 7) is -0.212. The Balaban J connectivity index is 2.15. The van der Waals surface area contributed by atoms with Crippen molar-refractivity contribution in [3.63, 3.8) is 0 Å². The molecule has 0 aliphatic carbocycles. The molecule has 2 aromatic carbocycles. The van der Waals surface area contributed by atoms with Gasteiger partial charge in [0.1, 0.15) is 12.7 Å². The molecular weight excluding hydrogens is 286 g/mol. The molecule has 6 nitrogen and oxygen atoms in total. The van der Waals surface area contributed by atoms with Crippen LogP contribution in [-0.2, 0) is 6.61 Å². The average Bonchev–Trinajstić information content (AvgIpc) is 2.53. The van der Waals surface area contributed by atoms with Gasteiger partial charge in [-0.1, -0.05) is 36.4 Å². The summed E-state index contributed by atoms with van der Waals surface area (Å²) in [5, 5.41) is 20.3. The van der Waals surface area contributed by atoms with E-state index >= 15 is 0 Å². The molecular formula is C16H17NO5. The third kappa shape index (κ3) is 4.20. The van der Waals surface area contributed by atoms with Crippen LogP contribution in [0.4, 0.5) is 0 Å². The molecule has 0 bridgehead atoms. The van der Waals surface area contributed by atoms with Gasteiger partial charge in [-0.05, 0) is 23.3 Å². The van der Waals surface area contributed by atoms with Crippen molar-refractivity contribution in [2.24, 2.45) is 0 Å². The fraction of sp³-hybridized carbons (Fsp3) is 0.250. The smallest absolute Gasteiger partial charge is 0.233 e. The Kier molecular flexibility index (Phi) is 5.32. The highest BCUT2D eigenvalue weighted by atomic mass is 16.6. The van der Waals surface area contributed by atoms with Gasteiger partial charge in [-0.15, -0.1) is 0 Å². The molecule has 22 heavy (non-hydrogen) atoms. The number of aliphatic hydroxyl groups excluding tert-OH is 1. The number of methoxy groups -OCH3 is 1. The number of nitrogens with zero attached hydrogens (tertiary/aromatic N) is 1. The summed E-state index contributed by atoms with van der Waals surface area (Å²) >= 11 is 0. The van der Waals surface area contributed by atoms with Crippen LogP contribution in [-0.4, -0.2) is 23.7 Å². The van der Waals surface area contributed by atoms with Gasteiger partial charge in [-0.2, -0.15) is 0 Å². The van der Waals surface area contributed by atoms with Gasteiger partial charge in [0.05, 0.1) is 7.11 Å². The van der Waals surface area contributed by atoms with Crippen LogP contribution >= 0.6 is 0 Å². The van der Waals surface area contributed by atoms with Crippen molar-refractivity contribution in [3.05, 3.63) is 69.8 Å². The fourth-order valence-electron chi connectivity index (χ4n) is 2.00. The zero-order valence-electron chi connectivity index (χ0n) is 12.1. The van der Waals surface area contributed by atoms with Crippen LogP contribution in [0.1, 0.15) is 17.2 Å². The zero-order valence-corrected chi connectivity index (χ0v) is 12.1. The Morgan fingerprint density at radius 2 is 1.91 bits per heavy atom. The number of aliphatic hydroxyl groups is 1. The first-order valence-electron chi connectivity index (χ1n) is 6.74. The number of ether oxygens (including phenoxy) is 2. The summed E-state index contributed by atoms with van der Waals surface area (Å²) in [5.74, 6) is 0.944. The molecule has 0 amide bonds. The first-order valence-corrected chi connectivity index (χ1v) is 6.74. The van der Waals surface area contributed by atoms with E-state index < -0.39 is 17.6 Å². The van der Waals surface area contributed by atoms with Crippen molar-refractivity contribution in [1.29, 1.82) is 0 Å². The highest BCUT2D eigenvalue weighted by molar-refractivity contribution is 5.43. The fourth-order valence-corrected chi connectivity index (χ4v) is 2.00. The number of benzene rings is 2. The Bertz CT molecular complexity index is 630. The van der Waals surface area contributed by atoms with Gasteiger partial charge in [0.25, 0.3) is 0 Å².